The number of halogens is 3. The number of hydrogen-bond donors (Lipinski definition) is 1. The van der Waals surface area contributed by atoms with Crippen LogP contribution in [0, 0.1) is 18.8 Å². The minimum Gasteiger partial charge on any atom is -0.341 e. The summed E-state index contributed by atoms with van der Waals surface area (Å²) in [6.07, 6.45) is -1.91. The Hall–Kier alpha value is -2.32. The molecule has 0 radical (unpaired) electrons. The Morgan fingerprint density at radius 1 is 1.16 bits per heavy atom. The van der Waals surface area contributed by atoms with E-state index in [-0.39, 0.29) is 30.7 Å². The largest absolute Gasteiger partial charge is 0.391 e. The summed E-state index contributed by atoms with van der Waals surface area (Å²) in [6.45, 7) is 5.45. The van der Waals surface area contributed by atoms with Gasteiger partial charge in [-0.1, -0.05) is 6.92 Å². The van der Waals surface area contributed by atoms with Crippen LogP contribution in [-0.2, 0) is 0 Å². The Balaban J connectivity index is 1.62. The number of aryl methyl sites for hydroxylation is 1. The van der Waals surface area contributed by atoms with Gasteiger partial charge in [0.25, 0.3) is 0 Å². The monoisotopic (exact) mass is 437 g/mol. The molecule has 1 N–H and O–H groups in total. The van der Waals surface area contributed by atoms with E-state index in [1.807, 2.05) is 28.5 Å². The number of alkyl halides is 3. The van der Waals surface area contributed by atoms with Gasteiger partial charge in [0.15, 0.2) is 5.65 Å². The number of nitrogens with zero attached hydrogens (tertiary/aromatic N) is 4. The summed E-state index contributed by atoms with van der Waals surface area (Å²) in [4.78, 5) is 18.6. The summed E-state index contributed by atoms with van der Waals surface area (Å²) >= 11 is 0. The third-order valence-electron chi connectivity index (χ3n) is 7.05. The quantitative estimate of drug-likeness (QED) is 0.745. The van der Waals surface area contributed by atoms with Crippen LogP contribution in [0.5, 0.6) is 0 Å². The van der Waals surface area contributed by atoms with Crippen LogP contribution in [0.15, 0.2) is 12.1 Å². The molecule has 1 aliphatic carbocycles. The molecule has 0 unspecified atom stereocenters. The lowest BCUT2D eigenvalue weighted by Crippen LogP contribution is -2.46. The Morgan fingerprint density at radius 3 is 2.52 bits per heavy atom. The maximum Gasteiger partial charge on any atom is 0.391 e. The number of hydrogen-bond acceptors (Lipinski definition) is 3. The Kier molecular flexibility index (Phi) is 5.87. The minimum absolute atomic E-state index is 0.0274. The van der Waals surface area contributed by atoms with Crippen molar-refractivity contribution in [2.45, 2.75) is 64.0 Å². The standard InChI is InChI=1S/C22H30F3N5O/c1-13-8-9-29(21(31)26-3)12-17(13)19-10-14(2)27-20-11-18(28-30(19)20)15-4-6-16(7-5-15)22(23,24)25/h10-11,13,15-17H,4-9,12H2,1-3H3,(H,26,31)/t13-,15-,16-,17-/m0/s1. The van der Waals surface area contributed by atoms with Crippen molar-refractivity contribution in [3.05, 3.63) is 29.2 Å². The van der Waals surface area contributed by atoms with Gasteiger partial charge in [-0.3, -0.25) is 0 Å². The second-order valence-corrected chi connectivity index (χ2v) is 9.13. The normalized spacial score (nSPS) is 27.5. The fraction of sp³-hybridized carbons (Fsp3) is 0.682. The molecule has 2 fully saturated rings. The third kappa shape index (κ3) is 4.36. The van der Waals surface area contributed by atoms with Crippen molar-refractivity contribution in [2.75, 3.05) is 20.1 Å². The maximum atomic E-state index is 13.0. The van der Waals surface area contributed by atoms with Crippen LogP contribution >= 0.6 is 0 Å². The van der Waals surface area contributed by atoms with E-state index in [0.29, 0.717) is 25.3 Å². The molecule has 4 rings (SSSR count). The first-order chi connectivity index (χ1) is 14.7. The van der Waals surface area contributed by atoms with Crippen molar-refractivity contribution in [3.8, 4) is 0 Å². The molecular weight excluding hydrogens is 407 g/mol. The highest BCUT2D eigenvalue weighted by Gasteiger charge is 2.42. The number of rotatable bonds is 2. The highest BCUT2D eigenvalue weighted by molar-refractivity contribution is 5.74. The van der Waals surface area contributed by atoms with Gasteiger partial charge in [-0.2, -0.15) is 18.3 Å². The van der Waals surface area contributed by atoms with Gasteiger partial charge in [-0.05, 0) is 51.0 Å². The van der Waals surface area contributed by atoms with Crippen molar-refractivity contribution in [3.63, 3.8) is 0 Å². The number of amides is 2. The zero-order chi connectivity index (χ0) is 22.3. The summed E-state index contributed by atoms with van der Waals surface area (Å²) in [5.41, 5.74) is 3.44. The van der Waals surface area contributed by atoms with Gasteiger partial charge in [0.05, 0.1) is 17.3 Å². The molecular formula is C22H30F3N5O. The number of piperidine rings is 1. The van der Waals surface area contributed by atoms with Gasteiger partial charge in [0.2, 0.25) is 0 Å². The van der Waals surface area contributed by atoms with Crippen molar-refractivity contribution < 1.29 is 18.0 Å². The van der Waals surface area contributed by atoms with Crippen LogP contribution in [0.2, 0.25) is 0 Å². The van der Waals surface area contributed by atoms with E-state index in [1.165, 1.54) is 0 Å². The number of aromatic nitrogens is 3. The molecule has 2 aromatic rings. The van der Waals surface area contributed by atoms with Crippen molar-refractivity contribution in [2.24, 2.45) is 11.8 Å². The van der Waals surface area contributed by atoms with Crippen molar-refractivity contribution in [1.82, 2.24) is 24.8 Å². The molecule has 2 atom stereocenters. The third-order valence-corrected chi connectivity index (χ3v) is 7.05. The molecule has 0 aromatic carbocycles. The van der Waals surface area contributed by atoms with Crippen LogP contribution < -0.4 is 5.32 Å². The molecule has 1 aliphatic heterocycles. The van der Waals surface area contributed by atoms with Gasteiger partial charge in [-0.25, -0.2) is 14.3 Å². The van der Waals surface area contributed by atoms with Crippen molar-refractivity contribution >= 4 is 11.7 Å². The van der Waals surface area contributed by atoms with Crippen LogP contribution in [0.4, 0.5) is 18.0 Å². The number of carbonyl (C=O) groups is 1. The van der Waals surface area contributed by atoms with Gasteiger partial charge < -0.3 is 10.2 Å². The Morgan fingerprint density at radius 2 is 1.87 bits per heavy atom. The molecule has 31 heavy (non-hydrogen) atoms. The van der Waals surface area contributed by atoms with E-state index in [4.69, 9.17) is 5.10 Å². The zero-order valence-corrected chi connectivity index (χ0v) is 18.2. The molecule has 2 amide bonds. The molecule has 170 valence electrons. The molecule has 2 aliphatic rings. The molecule has 0 spiro atoms. The zero-order valence-electron chi connectivity index (χ0n) is 18.2. The highest BCUT2D eigenvalue weighted by Crippen LogP contribution is 2.43. The smallest absolute Gasteiger partial charge is 0.341 e. The van der Waals surface area contributed by atoms with E-state index in [0.717, 1.165) is 35.7 Å². The highest BCUT2D eigenvalue weighted by atomic mass is 19.4. The molecule has 1 saturated carbocycles. The summed E-state index contributed by atoms with van der Waals surface area (Å²) in [6, 6.07) is 3.87. The van der Waals surface area contributed by atoms with Crippen LogP contribution in [0.1, 0.15) is 67.9 Å². The minimum atomic E-state index is -4.11. The van der Waals surface area contributed by atoms with E-state index in [1.54, 1.807) is 7.05 Å². The van der Waals surface area contributed by atoms with Gasteiger partial charge in [-0.15, -0.1) is 0 Å². The molecule has 3 heterocycles. The predicted molar refractivity (Wildman–Crippen MR) is 111 cm³/mol. The molecule has 2 aromatic heterocycles. The maximum absolute atomic E-state index is 13.0. The number of carbonyl (C=O) groups excluding carboxylic acids is 1. The fourth-order valence-electron chi connectivity index (χ4n) is 5.12. The SMILES string of the molecule is CNC(=O)N1CC[C@H](C)[C@@H](c2cc(C)nc3cc([C@H]4CC[C@H](C(F)(F)F)CC4)nn23)C1. The van der Waals surface area contributed by atoms with Gasteiger partial charge in [0, 0.05) is 43.7 Å². The number of fused-ring (bicyclic) bond motifs is 1. The van der Waals surface area contributed by atoms with E-state index in [9.17, 15) is 18.0 Å². The summed E-state index contributed by atoms with van der Waals surface area (Å²) < 4.78 is 40.9. The van der Waals surface area contributed by atoms with Gasteiger partial charge in [0.1, 0.15) is 0 Å². The molecule has 0 bridgehead atoms. The summed E-state index contributed by atoms with van der Waals surface area (Å²) in [7, 11) is 1.64. The second-order valence-electron chi connectivity index (χ2n) is 9.13. The molecule has 9 heteroatoms. The molecule has 1 saturated heterocycles. The topological polar surface area (TPSA) is 62.5 Å². The van der Waals surface area contributed by atoms with Crippen LogP contribution in [0.25, 0.3) is 5.65 Å². The number of nitrogens with one attached hydrogen (secondary N) is 1. The average molecular weight is 438 g/mol. The lowest BCUT2D eigenvalue weighted by atomic mass is 9.80. The lowest BCUT2D eigenvalue weighted by molar-refractivity contribution is -0.182. The fourth-order valence-corrected chi connectivity index (χ4v) is 5.12. The Bertz CT molecular complexity index is 949. The summed E-state index contributed by atoms with van der Waals surface area (Å²) in [5, 5.41) is 7.52. The first kappa shape index (κ1) is 21.9. The average Bonchev–Trinajstić information content (AvgIpc) is 3.16. The number of urea groups is 1. The van der Waals surface area contributed by atoms with E-state index >= 15 is 0 Å². The van der Waals surface area contributed by atoms with Crippen LogP contribution in [-0.4, -0.2) is 51.8 Å². The van der Waals surface area contributed by atoms with E-state index < -0.39 is 12.1 Å². The number of likely N-dealkylation sites (tertiary alicyclic amines) is 1. The van der Waals surface area contributed by atoms with E-state index in [2.05, 4.69) is 17.2 Å². The van der Waals surface area contributed by atoms with Crippen LogP contribution in [0.3, 0.4) is 0 Å². The van der Waals surface area contributed by atoms with Gasteiger partial charge >= 0.3 is 12.2 Å². The summed E-state index contributed by atoms with van der Waals surface area (Å²) in [5.74, 6) is -0.681. The lowest BCUT2D eigenvalue weighted by Gasteiger charge is -2.37. The predicted octanol–water partition coefficient (Wildman–Crippen LogP) is 4.64. The first-order valence-corrected chi connectivity index (χ1v) is 11.1. The van der Waals surface area contributed by atoms with Crippen molar-refractivity contribution in [1.29, 1.82) is 0 Å². The first-order valence-electron chi connectivity index (χ1n) is 11.1. The Labute approximate surface area is 180 Å². The second kappa shape index (κ2) is 8.31. The molecule has 6 nitrogen and oxygen atoms in total.